The van der Waals surface area contributed by atoms with Crippen LogP contribution in [0.4, 0.5) is 13.2 Å². The van der Waals surface area contributed by atoms with Crippen molar-refractivity contribution < 1.29 is 17.9 Å². The third-order valence-corrected chi connectivity index (χ3v) is 12.7. The number of fused-ring (bicyclic) bond motifs is 8. The summed E-state index contributed by atoms with van der Waals surface area (Å²) in [6.45, 7) is 6.72. The Kier molecular flexibility index (Phi) is 8.92. The Morgan fingerprint density at radius 1 is 0.333 bits per heavy atom. The van der Waals surface area contributed by atoms with E-state index in [1.807, 2.05) is 0 Å². The zero-order valence-electron chi connectivity index (χ0n) is 35.0. The van der Waals surface area contributed by atoms with Crippen LogP contribution in [0.3, 0.4) is 0 Å². The minimum atomic E-state index is -4.78. The molecule has 0 saturated heterocycles. The van der Waals surface area contributed by atoms with E-state index in [4.69, 9.17) is 0 Å². The normalized spacial score (nSPS) is 12.3. The number of rotatable bonds is 5. The van der Waals surface area contributed by atoms with E-state index in [-0.39, 0.29) is 11.2 Å². The zero-order valence-corrected chi connectivity index (χ0v) is 35.0. The van der Waals surface area contributed by atoms with E-state index in [1.165, 1.54) is 39.2 Å². The summed E-state index contributed by atoms with van der Waals surface area (Å²) < 4.78 is 43.9. The van der Waals surface area contributed by atoms with Gasteiger partial charge in [0.05, 0.1) is 0 Å². The summed E-state index contributed by atoms with van der Waals surface area (Å²) in [7, 11) is 0. The van der Waals surface area contributed by atoms with Crippen molar-refractivity contribution in [3.8, 4) is 50.3 Å². The fourth-order valence-corrected chi connectivity index (χ4v) is 9.70. The van der Waals surface area contributed by atoms with Gasteiger partial charge in [0.25, 0.3) is 0 Å². The van der Waals surface area contributed by atoms with Crippen LogP contribution in [0, 0.1) is 0 Å². The molecule has 0 spiro atoms. The molecule has 11 aromatic rings. The molecule has 0 radical (unpaired) electrons. The molecule has 0 amide bonds. The quantitative estimate of drug-likeness (QED) is 0.124. The summed E-state index contributed by atoms with van der Waals surface area (Å²) in [4.78, 5) is 0. The van der Waals surface area contributed by atoms with Gasteiger partial charge >= 0.3 is 6.36 Å². The number of hydrogen-bond donors (Lipinski definition) is 0. The molecule has 0 aliphatic heterocycles. The highest BCUT2D eigenvalue weighted by Crippen LogP contribution is 2.50. The van der Waals surface area contributed by atoms with Crippen molar-refractivity contribution in [2.75, 3.05) is 0 Å². The molecular weight excluding hydrogens is 782 g/mol. The van der Waals surface area contributed by atoms with Crippen molar-refractivity contribution in [2.24, 2.45) is 0 Å². The molecular formula is C59H41F3O. The van der Waals surface area contributed by atoms with Crippen molar-refractivity contribution in [1.82, 2.24) is 0 Å². The molecule has 4 heteroatoms. The van der Waals surface area contributed by atoms with Gasteiger partial charge in [-0.05, 0) is 157 Å². The first kappa shape index (κ1) is 38.5. The van der Waals surface area contributed by atoms with Crippen LogP contribution in [-0.2, 0) is 5.41 Å². The number of hydrogen-bond acceptors (Lipinski definition) is 1. The third-order valence-electron chi connectivity index (χ3n) is 12.7. The van der Waals surface area contributed by atoms with E-state index in [1.54, 1.807) is 12.1 Å². The van der Waals surface area contributed by atoms with Gasteiger partial charge in [-0.15, -0.1) is 13.2 Å². The topological polar surface area (TPSA) is 9.23 Å². The van der Waals surface area contributed by atoms with Gasteiger partial charge in [0.1, 0.15) is 5.75 Å². The molecule has 63 heavy (non-hydrogen) atoms. The molecule has 0 aliphatic carbocycles. The Morgan fingerprint density at radius 3 is 1.14 bits per heavy atom. The average molecular weight is 823 g/mol. The second-order valence-electron chi connectivity index (χ2n) is 17.6. The Balaban J connectivity index is 1.29. The predicted octanol–water partition coefficient (Wildman–Crippen LogP) is 17.5. The summed E-state index contributed by atoms with van der Waals surface area (Å²) in [5.74, 6) is -0.254. The van der Waals surface area contributed by atoms with E-state index in [9.17, 15) is 13.2 Å². The van der Waals surface area contributed by atoms with E-state index >= 15 is 0 Å². The molecule has 304 valence electrons. The molecule has 0 heterocycles. The van der Waals surface area contributed by atoms with Gasteiger partial charge in [-0.3, -0.25) is 0 Å². The predicted molar refractivity (Wildman–Crippen MR) is 259 cm³/mol. The van der Waals surface area contributed by atoms with Crippen molar-refractivity contribution in [1.29, 1.82) is 0 Å². The van der Waals surface area contributed by atoms with E-state index in [0.29, 0.717) is 0 Å². The lowest BCUT2D eigenvalue weighted by Crippen LogP contribution is -2.16. The lowest BCUT2D eigenvalue weighted by molar-refractivity contribution is -0.274. The van der Waals surface area contributed by atoms with Crippen LogP contribution in [-0.4, -0.2) is 6.36 Å². The van der Waals surface area contributed by atoms with Crippen LogP contribution >= 0.6 is 0 Å². The Labute approximate surface area is 363 Å². The van der Waals surface area contributed by atoms with Crippen molar-refractivity contribution in [3.63, 3.8) is 0 Å². The molecule has 0 fully saturated rings. The summed E-state index contributed by atoms with van der Waals surface area (Å²) in [5.41, 5.74) is 9.73. The van der Waals surface area contributed by atoms with Gasteiger partial charge in [0.2, 0.25) is 0 Å². The smallest absolute Gasteiger partial charge is 0.406 e. The SMILES string of the molecule is CC(C)(C)c1ccc(-c2ccc3c(-c4cc5ccccc5c5ccccc45)c4cc(-c5ccc(OC(F)(F)F)cc5)ccc4c(-c4cc5ccccc5c5ccccc45)c3c2)cc1. The largest absolute Gasteiger partial charge is 0.573 e. The first-order valence-corrected chi connectivity index (χ1v) is 21.3. The fraction of sp³-hybridized carbons (Fsp3) is 0.0847. The highest BCUT2D eigenvalue weighted by atomic mass is 19.4. The minimum Gasteiger partial charge on any atom is -0.406 e. The van der Waals surface area contributed by atoms with Crippen LogP contribution in [0.1, 0.15) is 26.3 Å². The summed E-state index contributed by atoms with van der Waals surface area (Å²) in [5, 5.41) is 13.7. The van der Waals surface area contributed by atoms with Gasteiger partial charge in [0, 0.05) is 0 Å². The zero-order chi connectivity index (χ0) is 43.0. The van der Waals surface area contributed by atoms with Gasteiger partial charge in [-0.25, -0.2) is 0 Å². The molecule has 1 nitrogen and oxygen atoms in total. The maximum absolute atomic E-state index is 13.2. The van der Waals surface area contributed by atoms with Crippen LogP contribution in [0.2, 0.25) is 0 Å². The van der Waals surface area contributed by atoms with Crippen molar-refractivity contribution in [3.05, 3.63) is 200 Å². The van der Waals surface area contributed by atoms with Crippen molar-refractivity contribution >= 4 is 64.6 Å². The summed E-state index contributed by atoms with van der Waals surface area (Å²) in [6, 6.07) is 67.7. The van der Waals surface area contributed by atoms with Crippen LogP contribution in [0.25, 0.3) is 109 Å². The second-order valence-corrected chi connectivity index (χ2v) is 17.6. The van der Waals surface area contributed by atoms with Gasteiger partial charge < -0.3 is 4.74 Å². The second kappa shape index (κ2) is 14.6. The number of halogens is 3. The van der Waals surface area contributed by atoms with E-state index < -0.39 is 6.36 Å². The molecule has 0 N–H and O–H groups in total. The number of alkyl halides is 3. The van der Waals surface area contributed by atoms with E-state index in [2.05, 4.69) is 195 Å². The number of benzene rings is 11. The molecule has 0 bridgehead atoms. The van der Waals surface area contributed by atoms with Crippen LogP contribution in [0.15, 0.2) is 194 Å². The minimum absolute atomic E-state index is 0.0282. The molecule has 11 aromatic carbocycles. The Bertz CT molecular complexity index is 3590. The van der Waals surface area contributed by atoms with Gasteiger partial charge in [0.15, 0.2) is 0 Å². The van der Waals surface area contributed by atoms with Gasteiger partial charge in [-0.2, -0.15) is 0 Å². The Morgan fingerprint density at radius 2 is 0.714 bits per heavy atom. The lowest BCUT2D eigenvalue weighted by Gasteiger charge is -2.22. The number of ether oxygens (including phenoxy) is 1. The Hall–Kier alpha value is -7.43. The molecule has 0 aliphatic rings. The monoisotopic (exact) mass is 822 g/mol. The molecule has 0 aromatic heterocycles. The molecule has 0 saturated carbocycles. The summed E-state index contributed by atoms with van der Waals surface area (Å²) in [6.07, 6.45) is -4.78. The lowest BCUT2D eigenvalue weighted by atomic mass is 9.81. The maximum atomic E-state index is 13.2. The highest BCUT2D eigenvalue weighted by Gasteiger charge is 2.31. The third kappa shape index (κ3) is 6.74. The van der Waals surface area contributed by atoms with Crippen LogP contribution in [0.5, 0.6) is 5.75 Å². The fourth-order valence-electron chi connectivity index (χ4n) is 9.70. The van der Waals surface area contributed by atoms with Crippen molar-refractivity contribution in [2.45, 2.75) is 32.5 Å². The van der Waals surface area contributed by atoms with Crippen LogP contribution < -0.4 is 4.74 Å². The standard InChI is InChI=1S/C59H41F3O/c1-58(2,3)42-26-20-36(21-27-42)38-24-30-50-54(32-38)56(52-34-40-12-4-6-14-44(40)46-16-8-10-18-48(46)52)51-31-25-39(37-22-28-43(29-23-37)63-59(60,61)62)33-55(51)57(50)53-35-41-13-5-7-15-45(41)47-17-9-11-19-49(47)53/h4-35H,1-3H3. The highest BCUT2D eigenvalue weighted by molar-refractivity contribution is 6.29. The maximum Gasteiger partial charge on any atom is 0.573 e. The molecule has 0 atom stereocenters. The molecule has 11 rings (SSSR count). The van der Waals surface area contributed by atoms with Gasteiger partial charge in [-0.1, -0.05) is 178 Å². The first-order valence-electron chi connectivity index (χ1n) is 21.3. The first-order chi connectivity index (χ1) is 30.5. The van der Waals surface area contributed by atoms with E-state index in [0.717, 1.165) is 87.6 Å². The summed E-state index contributed by atoms with van der Waals surface area (Å²) >= 11 is 0. The molecule has 0 unspecified atom stereocenters. The average Bonchev–Trinajstić information content (AvgIpc) is 3.29.